The van der Waals surface area contributed by atoms with E-state index in [0.29, 0.717) is 23.4 Å². The number of aromatic nitrogens is 2. The first-order valence-corrected chi connectivity index (χ1v) is 7.06. The van der Waals surface area contributed by atoms with Gasteiger partial charge in [0.2, 0.25) is 0 Å². The molecule has 0 aromatic carbocycles. The Labute approximate surface area is 118 Å². The summed E-state index contributed by atoms with van der Waals surface area (Å²) < 4.78 is 0. The third kappa shape index (κ3) is 4.14. The van der Waals surface area contributed by atoms with Crippen molar-refractivity contribution in [3.05, 3.63) is 23.0 Å². The zero-order valence-corrected chi connectivity index (χ0v) is 11.9. The molecule has 0 spiro atoms. The molecule has 1 aromatic rings. The van der Waals surface area contributed by atoms with Crippen LogP contribution in [0.2, 0.25) is 5.15 Å². The zero-order chi connectivity index (χ0) is 13.7. The molecule has 104 valence electrons. The molecule has 1 aliphatic heterocycles. The molecule has 1 aromatic heterocycles. The highest BCUT2D eigenvalue weighted by atomic mass is 35.5. The lowest BCUT2D eigenvalue weighted by atomic mass is 10.1. The molecule has 1 unspecified atom stereocenters. The number of amides is 1. The molecule has 1 saturated heterocycles. The standard InChI is InChI=1S/C13H19ClN4O/c1-10(18-7-3-2-4-8-18)9-15-13(19)11-5-6-12(14)17-16-11/h5-6,10H,2-4,7-9H2,1H3,(H,15,19). The number of likely N-dealkylation sites (tertiary alicyclic amines) is 1. The van der Waals surface area contributed by atoms with Crippen molar-refractivity contribution in [3.63, 3.8) is 0 Å². The van der Waals surface area contributed by atoms with E-state index in [2.05, 4.69) is 27.3 Å². The average Bonchev–Trinajstić information content (AvgIpc) is 2.46. The van der Waals surface area contributed by atoms with E-state index in [9.17, 15) is 4.79 Å². The van der Waals surface area contributed by atoms with Gasteiger partial charge in [-0.2, -0.15) is 0 Å². The van der Waals surface area contributed by atoms with E-state index in [1.807, 2.05) is 0 Å². The van der Waals surface area contributed by atoms with Crippen LogP contribution in [0.4, 0.5) is 0 Å². The number of hydrogen-bond donors (Lipinski definition) is 1. The van der Waals surface area contributed by atoms with Crippen LogP contribution in [0.5, 0.6) is 0 Å². The topological polar surface area (TPSA) is 58.1 Å². The van der Waals surface area contributed by atoms with E-state index < -0.39 is 0 Å². The van der Waals surface area contributed by atoms with Gasteiger partial charge in [0.1, 0.15) is 0 Å². The van der Waals surface area contributed by atoms with Gasteiger partial charge in [0, 0.05) is 12.6 Å². The summed E-state index contributed by atoms with van der Waals surface area (Å²) in [6, 6.07) is 3.50. The monoisotopic (exact) mass is 282 g/mol. The van der Waals surface area contributed by atoms with Gasteiger partial charge in [-0.25, -0.2) is 0 Å². The van der Waals surface area contributed by atoms with Crippen molar-refractivity contribution in [2.45, 2.75) is 32.2 Å². The third-order valence-corrected chi connectivity index (χ3v) is 3.64. The van der Waals surface area contributed by atoms with Crippen molar-refractivity contribution in [1.82, 2.24) is 20.4 Å². The summed E-state index contributed by atoms with van der Waals surface area (Å²) in [5.41, 5.74) is 0.301. The number of nitrogens with one attached hydrogen (secondary N) is 1. The van der Waals surface area contributed by atoms with Crippen LogP contribution >= 0.6 is 11.6 Å². The van der Waals surface area contributed by atoms with Crippen LogP contribution in [0.3, 0.4) is 0 Å². The van der Waals surface area contributed by atoms with Crippen LogP contribution in [0.1, 0.15) is 36.7 Å². The van der Waals surface area contributed by atoms with E-state index in [1.54, 1.807) is 12.1 Å². The summed E-state index contributed by atoms with van der Waals surface area (Å²) in [5.74, 6) is -0.201. The smallest absolute Gasteiger partial charge is 0.271 e. The highest BCUT2D eigenvalue weighted by Crippen LogP contribution is 2.11. The largest absolute Gasteiger partial charge is 0.349 e. The summed E-state index contributed by atoms with van der Waals surface area (Å²) >= 11 is 5.63. The number of hydrogen-bond acceptors (Lipinski definition) is 4. The number of carbonyl (C=O) groups excluding carboxylic acids is 1. The van der Waals surface area contributed by atoms with Crippen LogP contribution in [0.25, 0.3) is 0 Å². The van der Waals surface area contributed by atoms with Gasteiger partial charge in [-0.05, 0) is 45.0 Å². The molecule has 0 radical (unpaired) electrons. The van der Waals surface area contributed by atoms with Gasteiger partial charge in [-0.15, -0.1) is 10.2 Å². The fraction of sp³-hybridized carbons (Fsp3) is 0.615. The van der Waals surface area contributed by atoms with Crippen LogP contribution < -0.4 is 5.32 Å². The molecule has 1 atom stereocenters. The lowest BCUT2D eigenvalue weighted by molar-refractivity contribution is 0.0924. The molecule has 1 amide bonds. The minimum absolute atomic E-state index is 0.201. The minimum atomic E-state index is -0.201. The number of nitrogens with zero attached hydrogens (tertiary/aromatic N) is 3. The van der Waals surface area contributed by atoms with Gasteiger partial charge in [0.05, 0.1) is 0 Å². The van der Waals surface area contributed by atoms with E-state index in [-0.39, 0.29) is 5.91 Å². The van der Waals surface area contributed by atoms with E-state index in [4.69, 9.17) is 11.6 Å². The van der Waals surface area contributed by atoms with E-state index >= 15 is 0 Å². The SMILES string of the molecule is CC(CNC(=O)c1ccc(Cl)nn1)N1CCCCC1. The highest BCUT2D eigenvalue weighted by molar-refractivity contribution is 6.29. The fourth-order valence-electron chi connectivity index (χ4n) is 2.26. The normalized spacial score (nSPS) is 18.0. The Bertz CT molecular complexity index is 417. The maximum atomic E-state index is 11.9. The zero-order valence-electron chi connectivity index (χ0n) is 11.1. The van der Waals surface area contributed by atoms with Crippen LogP contribution in [0, 0.1) is 0 Å². The third-order valence-electron chi connectivity index (χ3n) is 3.44. The number of carbonyl (C=O) groups is 1. The Balaban J connectivity index is 1.81. The van der Waals surface area contributed by atoms with Crippen molar-refractivity contribution in [1.29, 1.82) is 0 Å². The Morgan fingerprint density at radius 1 is 1.37 bits per heavy atom. The first-order chi connectivity index (χ1) is 9.16. The predicted molar refractivity (Wildman–Crippen MR) is 74.3 cm³/mol. The van der Waals surface area contributed by atoms with Crippen molar-refractivity contribution in [2.24, 2.45) is 0 Å². The minimum Gasteiger partial charge on any atom is -0.349 e. The summed E-state index contributed by atoms with van der Waals surface area (Å²) in [5, 5.41) is 10.6. The molecule has 1 N–H and O–H groups in total. The van der Waals surface area contributed by atoms with Gasteiger partial charge >= 0.3 is 0 Å². The lowest BCUT2D eigenvalue weighted by Gasteiger charge is -2.32. The molecule has 0 aliphatic carbocycles. The molecule has 2 heterocycles. The molecule has 0 bridgehead atoms. The van der Waals surface area contributed by atoms with E-state index in [0.717, 1.165) is 13.1 Å². The Morgan fingerprint density at radius 2 is 2.11 bits per heavy atom. The summed E-state index contributed by atoms with van der Waals surface area (Å²) in [7, 11) is 0. The molecule has 5 nitrogen and oxygen atoms in total. The molecule has 6 heteroatoms. The molecular weight excluding hydrogens is 264 g/mol. The Kier molecular flexibility index (Phi) is 5.10. The molecule has 0 saturated carbocycles. The molecule has 1 aliphatic rings. The van der Waals surface area contributed by atoms with Gasteiger partial charge in [-0.3, -0.25) is 9.69 Å². The van der Waals surface area contributed by atoms with Gasteiger partial charge in [0.15, 0.2) is 10.8 Å². The fourth-order valence-corrected chi connectivity index (χ4v) is 2.36. The van der Waals surface area contributed by atoms with Crippen LogP contribution in [0.15, 0.2) is 12.1 Å². The summed E-state index contributed by atoms with van der Waals surface area (Å²) in [6.45, 7) is 5.01. The maximum Gasteiger partial charge on any atom is 0.271 e. The van der Waals surface area contributed by atoms with Gasteiger partial charge in [-0.1, -0.05) is 18.0 Å². The Morgan fingerprint density at radius 3 is 2.74 bits per heavy atom. The quantitative estimate of drug-likeness (QED) is 0.914. The maximum absolute atomic E-state index is 11.9. The summed E-state index contributed by atoms with van der Waals surface area (Å²) in [6.07, 6.45) is 3.82. The molecule has 1 fully saturated rings. The first-order valence-electron chi connectivity index (χ1n) is 6.68. The second kappa shape index (κ2) is 6.82. The van der Waals surface area contributed by atoms with Crippen molar-refractivity contribution >= 4 is 17.5 Å². The molecule has 19 heavy (non-hydrogen) atoms. The number of piperidine rings is 1. The van der Waals surface area contributed by atoms with Gasteiger partial charge < -0.3 is 5.32 Å². The second-order valence-electron chi connectivity index (χ2n) is 4.90. The average molecular weight is 283 g/mol. The van der Waals surface area contributed by atoms with Crippen LogP contribution in [-0.4, -0.2) is 46.7 Å². The first kappa shape index (κ1) is 14.2. The van der Waals surface area contributed by atoms with Crippen molar-refractivity contribution in [3.8, 4) is 0 Å². The Hall–Kier alpha value is -1.20. The van der Waals surface area contributed by atoms with Crippen LogP contribution in [-0.2, 0) is 0 Å². The lowest BCUT2D eigenvalue weighted by Crippen LogP contribution is -2.44. The predicted octanol–water partition coefficient (Wildman–Crippen LogP) is 1.73. The highest BCUT2D eigenvalue weighted by Gasteiger charge is 2.17. The van der Waals surface area contributed by atoms with Crippen molar-refractivity contribution < 1.29 is 4.79 Å². The molecule has 2 rings (SSSR count). The van der Waals surface area contributed by atoms with Crippen molar-refractivity contribution in [2.75, 3.05) is 19.6 Å². The summed E-state index contributed by atoms with van der Waals surface area (Å²) in [4.78, 5) is 14.3. The second-order valence-corrected chi connectivity index (χ2v) is 5.28. The number of halogens is 1. The van der Waals surface area contributed by atoms with Gasteiger partial charge in [0.25, 0.3) is 5.91 Å². The molecular formula is C13H19ClN4O. The van der Waals surface area contributed by atoms with E-state index in [1.165, 1.54) is 19.3 Å². The number of rotatable bonds is 4.